The fourth-order valence-corrected chi connectivity index (χ4v) is 3.59. The van der Waals surface area contributed by atoms with Gasteiger partial charge < -0.3 is 21.1 Å². The zero-order chi connectivity index (χ0) is 20.7. The quantitative estimate of drug-likeness (QED) is 0.574. The number of piperidine rings is 1. The lowest BCUT2D eigenvalue weighted by Crippen LogP contribution is -2.62. The normalized spacial score (nSPS) is 20.8. The Balaban J connectivity index is 2.00. The fourth-order valence-electron chi connectivity index (χ4n) is 3.59. The predicted octanol–water partition coefficient (Wildman–Crippen LogP) is 2.46. The summed E-state index contributed by atoms with van der Waals surface area (Å²) < 4.78 is 0. The van der Waals surface area contributed by atoms with E-state index in [1.807, 2.05) is 51.1 Å². The summed E-state index contributed by atoms with van der Waals surface area (Å²) in [6.45, 7) is 6.09. The number of carboxylic acids is 1. The smallest absolute Gasteiger partial charge is 0.315 e. The Bertz CT molecular complexity index is 685. The van der Waals surface area contributed by atoms with Gasteiger partial charge in [-0.05, 0) is 30.2 Å². The van der Waals surface area contributed by atoms with E-state index < -0.39 is 5.97 Å². The molecule has 3 amide bonds. The maximum atomic E-state index is 12.6. The number of aliphatic carboxylic acids is 1. The Hall–Kier alpha value is -2.57. The lowest BCUT2D eigenvalue weighted by Gasteiger charge is -2.41. The van der Waals surface area contributed by atoms with Crippen LogP contribution < -0.4 is 16.0 Å². The largest absolute Gasteiger partial charge is 0.481 e. The molecule has 154 valence electrons. The van der Waals surface area contributed by atoms with E-state index in [1.54, 1.807) is 0 Å². The van der Waals surface area contributed by atoms with Crippen LogP contribution in [0, 0.1) is 5.41 Å². The van der Waals surface area contributed by atoms with Gasteiger partial charge in [0.15, 0.2) is 0 Å². The number of hydrogen-bond acceptors (Lipinski definition) is 3. The molecule has 3 atom stereocenters. The first-order chi connectivity index (χ1) is 13.1. The highest BCUT2D eigenvalue weighted by atomic mass is 16.4. The van der Waals surface area contributed by atoms with Crippen LogP contribution in [-0.4, -0.2) is 41.1 Å². The van der Waals surface area contributed by atoms with Crippen LogP contribution in [0.4, 0.5) is 4.79 Å². The van der Waals surface area contributed by atoms with E-state index in [1.165, 1.54) is 0 Å². The van der Waals surface area contributed by atoms with Gasteiger partial charge in [0.1, 0.15) is 0 Å². The molecule has 7 nitrogen and oxygen atoms in total. The van der Waals surface area contributed by atoms with Gasteiger partial charge in [-0.25, -0.2) is 4.79 Å². The van der Waals surface area contributed by atoms with Crippen LogP contribution in [0.15, 0.2) is 30.3 Å². The topological polar surface area (TPSA) is 108 Å². The van der Waals surface area contributed by atoms with Crippen molar-refractivity contribution in [3.8, 4) is 0 Å². The number of carbonyl (C=O) groups is 3. The second-order valence-electron chi connectivity index (χ2n) is 8.49. The summed E-state index contributed by atoms with van der Waals surface area (Å²) in [6.07, 6.45) is 1.86. The average Bonchev–Trinajstić information content (AvgIpc) is 2.61. The summed E-state index contributed by atoms with van der Waals surface area (Å²) in [4.78, 5) is 35.4. The first kappa shape index (κ1) is 21.7. The molecule has 1 aromatic rings. The predicted molar refractivity (Wildman–Crippen MR) is 107 cm³/mol. The molecule has 4 N–H and O–H groups in total. The molecule has 1 aliphatic heterocycles. The SMILES string of the molecule is CC(C)(C)[C@@H]1NC(=O)CC[C@H]1NC(=O)NC(CCC(=O)O)Cc1ccccc1. The van der Waals surface area contributed by atoms with Crippen molar-refractivity contribution in [1.29, 1.82) is 0 Å². The molecule has 0 spiro atoms. The number of rotatable bonds is 7. The third kappa shape index (κ3) is 6.87. The second kappa shape index (κ2) is 9.57. The van der Waals surface area contributed by atoms with Crippen molar-refractivity contribution in [3.05, 3.63) is 35.9 Å². The third-order valence-corrected chi connectivity index (χ3v) is 5.02. The molecular weight excluding hydrogens is 358 g/mol. The van der Waals surface area contributed by atoms with Gasteiger partial charge in [-0.15, -0.1) is 0 Å². The van der Waals surface area contributed by atoms with E-state index in [2.05, 4.69) is 16.0 Å². The van der Waals surface area contributed by atoms with E-state index in [-0.39, 0.29) is 41.9 Å². The molecule has 0 saturated carbocycles. The molecule has 0 bridgehead atoms. The maximum absolute atomic E-state index is 12.6. The van der Waals surface area contributed by atoms with Gasteiger partial charge >= 0.3 is 12.0 Å². The summed E-state index contributed by atoms with van der Waals surface area (Å²) in [5.41, 5.74) is 0.844. The zero-order valence-corrected chi connectivity index (χ0v) is 16.8. The molecule has 28 heavy (non-hydrogen) atoms. The van der Waals surface area contributed by atoms with Gasteiger partial charge in [0, 0.05) is 18.9 Å². The lowest BCUT2D eigenvalue weighted by atomic mass is 9.79. The van der Waals surface area contributed by atoms with Crippen molar-refractivity contribution in [2.24, 2.45) is 5.41 Å². The Kier molecular flexibility index (Phi) is 7.43. The van der Waals surface area contributed by atoms with Crippen LogP contribution >= 0.6 is 0 Å². The molecule has 1 heterocycles. The molecule has 0 aliphatic carbocycles. The van der Waals surface area contributed by atoms with E-state index in [0.717, 1.165) is 5.56 Å². The van der Waals surface area contributed by atoms with Crippen molar-refractivity contribution < 1.29 is 19.5 Å². The summed E-state index contributed by atoms with van der Waals surface area (Å²) >= 11 is 0. The molecule has 0 radical (unpaired) electrons. The van der Waals surface area contributed by atoms with Gasteiger partial charge in [0.2, 0.25) is 5.91 Å². The van der Waals surface area contributed by atoms with E-state index in [9.17, 15) is 14.4 Å². The van der Waals surface area contributed by atoms with Gasteiger partial charge in [-0.1, -0.05) is 51.1 Å². The van der Waals surface area contributed by atoms with Gasteiger partial charge in [0.05, 0.1) is 12.1 Å². The van der Waals surface area contributed by atoms with Crippen molar-refractivity contribution in [2.45, 2.75) is 71.0 Å². The molecule has 1 fully saturated rings. The number of hydrogen-bond donors (Lipinski definition) is 4. The van der Waals surface area contributed by atoms with Crippen LogP contribution in [0.5, 0.6) is 0 Å². The first-order valence-corrected chi connectivity index (χ1v) is 9.77. The Morgan fingerprint density at radius 3 is 2.54 bits per heavy atom. The Labute approximate surface area is 166 Å². The van der Waals surface area contributed by atoms with Crippen molar-refractivity contribution in [2.75, 3.05) is 0 Å². The van der Waals surface area contributed by atoms with Crippen LogP contribution in [0.3, 0.4) is 0 Å². The van der Waals surface area contributed by atoms with Crippen molar-refractivity contribution in [3.63, 3.8) is 0 Å². The Morgan fingerprint density at radius 2 is 1.93 bits per heavy atom. The highest BCUT2D eigenvalue weighted by Gasteiger charge is 2.37. The molecule has 1 aromatic carbocycles. The lowest BCUT2D eigenvalue weighted by molar-refractivity contribution is -0.137. The number of carboxylic acid groups (broad SMARTS) is 1. The second-order valence-corrected chi connectivity index (χ2v) is 8.49. The van der Waals surface area contributed by atoms with Gasteiger partial charge in [0.25, 0.3) is 0 Å². The number of nitrogens with one attached hydrogen (secondary N) is 3. The number of carbonyl (C=O) groups excluding carboxylic acids is 2. The number of amides is 3. The van der Waals surface area contributed by atoms with Gasteiger partial charge in [-0.3, -0.25) is 9.59 Å². The highest BCUT2D eigenvalue weighted by molar-refractivity contribution is 5.79. The summed E-state index contributed by atoms with van der Waals surface area (Å²) in [5.74, 6) is -0.884. The van der Waals surface area contributed by atoms with Crippen LogP contribution in [0.1, 0.15) is 52.0 Å². The maximum Gasteiger partial charge on any atom is 0.315 e. The fraction of sp³-hybridized carbons (Fsp3) is 0.571. The number of benzene rings is 1. The van der Waals surface area contributed by atoms with Gasteiger partial charge in [-0.2, -0.15) is 0 Å². The van der Waals surface area contributed by atoms with Crippen molar-refractivity contribution in [1.82, 2.24) is 16.0 Å². The molecule has 2 rings (SSSR count). The molecule has 1 unspecified atom stereocenters. The van der Waals surface area contributed by atoms with Crippen LogP contribution in [0.25, 0.3) is 0 Å². The minimum atomic E-state index is -0.886. The highest BCUT2D eigenvalue weighted by Crippen LogP contribution is 2.26. The summed E-state index contributed by atoms with van der Waals surface area (Å²) in [6, 6.07) is 8.72. The standard InChI is InChI=1S/C21H31N3O4/c1-21(2,3)19-16(10-11-17(25)24-19)23-20(28)22-15(9-12-18(26)27)13-14-7-5-4-6-8-14/h4-8,15-16,19H,9-13H2,1-3H3,(H,24,25)(H,26,27)(H2,22,23,28)/t15?,16-,19-/m1/s1. The molecule has 7 heteroatoms. The van der Waals surface area contributed by atoms with E-state index >= 15 is 0 Å². The Morgan fingerprint density at radius 1 is 1.25 bits per heavy atom. The summed E-state index contributed by atoms with van der Waals surface area (Å²) in [7, 11) is 0. The molecule has 1 saturated heterocycles. The first-order valence-electron chi connectivity index (χ1n) is 9.77. The minimum absolute atomic E-state index is 0.00166. The van der Waals surface area contributed by atoms with Crippen LogP contribution in [0.2, 0.25) is 0 Å². The van der Waals surface area contributed by atoms with Crippen LogP contribution in [-0.2, 0) is 16.0 Å². The average molecular weight is 389 g/mol. The monoisotopic (exact) mass is 389 g/mol. The molecule has 0 aromatic heterocycles. The number of urea groups is 1. The minimum Gasteiger partial charge on any atom is -0.481 e. The van der Waals surface area contributed by atoms with Crippen molar-refractivity contribution >= 4 is 17.9 Å². The van der Waals surface area contributed by atoms with E-state index in [4.69, 9.17) is 5.11 Å². The van der Waals surface area contributed by atoms with E-state index in [0.29, 0.717) is 25.7 Å². The molecular formula is C21H31N3O4. The molecule has 1 aliphatic rings. The summed E-state index contributed by atoms with van der Waals surface area (Å²) in [5, 5.41) is 17.9. The third-order valence-electron chi connectivity index (χ3n) is 5.02. The zero-order valence-electron chi connectivity index (χ0n) is 16.8.